The fourth-order valence-corrected chi connectivity index (χ4v) is 5.60. The van der Waals surface area contributed by atoms with Crippen LogP contribution in [0.3, 0.4) is 0 Å². The van der Waals surface area contributed by atoms with Gasteiger partial charge in [0.15, 0.2) is 11.5 Å². The van der Waals surface area contributed by atoms with Crippen molar-refractivity contribution in [1.29, 1.82) is 0 Å². The molecule has 0 radical (unpaired) electrons. The van der Waals surface area contributed by atoms with Crippen LogP contribution in [-0.4, -0.2) is 42.8 Å². The number of allylic oxidation sites excluding steroid dienone is 1. The van der Waals surface area contributed by atoms with Crippen LogP contribution in [-0.2, 0) is 12.0 Å². The third kappa shape index (κ3) is 3.55. The van der Waals surface area contributed by atoms with Crippen LogP contribution in [0.4, 0.5) is 11.6 Å². The van der Waals surface area contributed by atoms with E-state index in [4.69, 9.17) is 9.97 Å². The number of anilines is 2. The molecule has 2 aliphatic rings. The third-order valence-electron chi connectivity index (χ3n) is 7.39. The lowest BCUT2D eigenvalue weighted by Gasteiger charge is -2.25. The number of rotatable bonds is 5. The molecular formula is C28H31N7O. The standard InChI is InChI=1S/C28H31N7O/c1-6-12-34-26(36)21-15-29-27(30-18-10-11-19-17-13-22(20(19)14-18)33(5)16-17)32-25(21)35(34)24-9-7-8-23(31-24)28(2,3)4/h6-11,14-15,17,22H,1,12-13,16H2,2-5H3,(H,29,30,32). The van der Waals surface area contributed by atoms with E-state index >= 15 is 0 Å². The summed E-state index contributed by atoms with van der Waals surface area (Å²) in [5.41, 5.74) is 4.93. The average molecular weight is 482 g/mol. The van der Waals surface area contributed by atoms with Crippen LogP contribution >= 0.6 is 0 Å². The lowest BCUT2D eigenvalue weighted by atomic mass is 9.92. The second-order valence-corrected chi connectivity index (χ2v) is 10.9. The van der Waals surface area contributed by atoms with Crippen molar-refractivity contribution in [3.05, 3.63) is 82.4 Å². The summed E-state index contributed by atoms with van der Waals surface area (Å²) in [5.74, 6) is 1.71. The van der Waals surface area contributed by atoms with Crippen molar-refractivity contribution in [3.63, 3.8) is 0 Å². The van der Waals surface area contributed by atoms with E-state index in [2.05, 4.69) is 67.8 Å². The molecule has 3 aromatic heterocycles. The average Bonchev–Trinajstić information content (AvgIpc) is 3.48. The van der Waals surface area contributed by atoms with Crippen LogP contribution in [0.1, 0.15) is 56.0 Å². The van der Waals surface area contributed by atoms with Crippen molar-refractivity contribution in [2.24, 2.45) is 0 Å². The highest BCUT2D eigenvalue weighted by molar-refractivity contribution is 5.77. The largest absolute Gasteiger partial charge is 0.324 e. The molecule has 4 aromatic rings. The molecule has 8 nitrogen and oxygen atoms in total. The molecule has 36 heavy (non-hydrogen) atoms. The predicted octanol–water partition coefficient (Wildman–Crippen LogP) is 4.68. The van der Waals surface area contributed by atoms with Gasteiger partial charge in [-0.2, -0.15) is 4.98 Å². The Morgan fingerprint density at radius 1 is 1.17 bits per heavy atom. The van der Waals surface area contributed by atoms with Gasteiger partial charge in [-0.25, -0.2) is 19.3 Å². The van der Waals surface area contributed by atoms with Crippen molar-refractivity contribution < 1.29 is 0 Å². The maximum atomic E-state index is 13.3. The number of nitrogens with zero attached hydrogens (tertiary/aromatic N) is 6. The first-order valence-electron chi connectivity index (χ1n) is 12.4. The molecule has 1 aliphatic carbocycles. The van der Waals surface area contributed by atoms with E-state index in [1.807, 2.05) is 18.2 Å². The number of hydrogen-bond acceptors (Lipinski definition) is 6. The zero-order valence-corrected chi connectivity index (χ0v) is 21.2. The molecular weight excluding hydrogens is 450 g/mol. The molecule has 8 heteroatoms. The number of likely N-dealkylation sites (N-methyl/N-ethyl adjacent to an activating group) is 1. The summed E-state index contributed by atoms with van der Waals surface area (Å²) < 4.78 is 3.38. The van der Waals surface area contributed by atoms with Crippen molar-refractivity contribution in [2.45, 2.75) is 51.1 Å². The maximum Gasteiger partial charge on any atom is 0.278 e. The van der Waals surface area contributed by atoms with Crippen molar-refractivity contribution >= 4 is 22.7 Å². The molecule has 2 bridgehead atoms. The molecule has 1 aromatic carbocycles. The summed E-state index contributed by atoms with van der Waals surface area (Å²) in [6.45, 7) is 11.7. The van der Waals surface area contributed by atoms with E-state index < -0.39 is 0 Å². The number of fused-ring (bicyclic) bond motifs is 6. The molecule has 1 N–H and O–H groups in total. The monoisotopic (exact) mass is 481 g/mol. The Morgan fingerprint density at radius 3 is 2.78 bits per heavy atom. The number of pyridine rings is 1. The molecule has 1 aliphatic heterocycles. The Bertz CT molecular complexity index is 1560. The van der Waals surface area contributed by atoms with Gasteiger partial charge in [0.25, 0.3) is 5.56 Å². The van der Waals surface area contributed by atoms with Gasteiger partial charge in [0.2, 0.25) is 5.95 Å². The number of aromatic nitrogens is 5. The highest BCUT2D eigenvalue weighted by Crippen LogP contribution is 2.50. The second kappa shape index (κ2) is 8.13. The van der Waals surface area contributed by atoms with Gasteiger partial charge in [-0.3, -0.25) is 9.69 Å². The first-order valence-corrected chi connectivity index (χ1v) is 12.4. The predicted molar refractivity (Wildman–Crippen MR) is 142 cm³/mol. The molecule has 0 spiro atoms. The summed E-state index contributed by atoms with van der Waals surface area (Å²) in [7, 11) is 2.20. The molecule has 2 atom stereocenters. The summed E-state index contributed by atoms with van der Waals surface area (Å²) in [6.07, 6.45) is 4.49. The van der Waals surface area contributed by atoms with E-state index in [1.54, 1.807) is 21.6 Å². The quantitative estimate of drug-likeness (QED) is 0.417. The molecule has 6 rings (SSSR count). The van der Waals surface area contributed by atoms with E-state index in [-0.39, 0.29) is 11.0 Å². The second-order valence-electron chi connectivity index (χ2n) is 10.9. The van der Waals surface area contributed by atoms with Crippen LogP contribution in [0.25, 0.3) is 16.9 Å². The van der Waals surface area contributed by atoms with E-state index in [9.17, 15) is 4.79 Å². The summed E-state index contributed by atoms with van der Waals surface area (Å²) in [5, 5.41) is 3.81. The minimum Gasteiger partial charge on any atom is -0.324 e. The maximum absolute atomic E-state index is 13.3. The van der Waals surface area contributed by atoms with E-state index in [1.165, 1.54) is 17.5 Å². The molecule has 0 amide bonds. The van der Waals surface area contributed by atoms with Crippen molar-refractivity contribution in [3.8, 4) is 5.82 Å². The van der Waals surface area contributed by atoms with Crippen molar-refractivity contribution in [2.75, 3.05) is 18.9 Å². The lowest BCUT2D eigenvalue weighted by Crippen LogP contribution is -2.23. The molecule has 2 unspecified atom stereocenters. The van der Waals surface area contributed by atoms with Gasteiger partial charge in [-0.05, 0) is 54.8 Å². The van der Waals surface area contributed by atoms with Crippen LogP contribution in [0.2, 0.25) is 0 Å². The minimum atomic E-state index is -0.170. The molecule has 1 saturated heterocycles. The first kappa shape index (κ1) is 22.7. The SMILES string of the molecule is C=CCn1c(=O)c2cnc(Nc3ccc4c(c3)C3CC4CN3C)nc2n1-c1cccc(C(C)(C)C)n1. The topological polar surface area (TPSA) is 80.9 Å². The molecule has 184 valence electrons. The van der Waals surface area contributed by atoms with Gasteiger partial charge in [0.05, 0.1) is 6.54 Å². The van der Waals surface area contributed by atoms with Gasteiger partial charge >= 0.3 is 0 Å². The van der Waals surface area contributed by atoms with Crippen LogP contribution in [0, 0.1) is 0 Å². The van der Waals surface area contributed by atoms with Gasteiger partial charge in [0.1, 0.15) is 5.39 Å². The number of benzene rings is 1. The smallest absolute Gasteiger partial charge is 0.278 e. The molecule has 1 fully saturated rings. The fraction of sp³-hybridized carbons (Fsp3) is 0.357. The Kier molecular flexibility index (Phi) is 5.12. The molecule has 4 heterocycles. The summed E-state index contributed by atoms with van der Waals surface area (Å²) in [4.78, 5) is 29.8. The summed E-state index contributed by atoms with van der Waals surface area (Å²) in [6, 6.07) is 12.9. The lowest BCUT2D eigenvalue weighted by molar-refractivity contribution is 0.307. The van der Waals surface area contributed by atoms with Crippen LogP contribution < -0.4 is 10.9 Å². The first-order chi connectivity index (χ1) is 17.2. The Hall–Kier alpha value is -3.78. The number of likely N-dealkylation sites (tertiary alicyclic amines) is 1. The van der Waals surface area contributed by atoms with Gasteiger partial charge in [-0.1, -0.05) is 39.0 Å². The summed E-state index contributed by atoms with van der Waals surface area (Å²) >= 11 is 0. The molecule has 0 saturated carbocycles. The Morgan fingerprint density at radius 2 is 2.00 bits per heavy atom. The van der Waals surface area contributed by atoms with Gasteiger partial charge in [0, 0.05) is 35.6 Å². The zero-order valence-electron chi connectivity index (χ0n) is 21.2. The Labute approximate surface area is 210 Å². The fourth-order valence-electron chi connectivity index (χ4n) is 5.60. The van der Waals surface area contributed by atoms with Crippen molar-refractivity contribution in [1.82, 2.24) is 29.2 Å². The van der Waals surface area contributed by atoms with Gasteiger partial charge in [-0.15, -0.1) is 6.58 Å². The highest BCUT2D eigenvalue weighted by atomic mass is 16.1. The zero-order chi connectivity index (χ0) is 25.2. The van der Waals surface area contributed by atoms with Crippen LogP contribution in [0.15, 0.2) is 60.0 Å². The third-order valence-corrected chi connectivity index (χ3v) is 7.39. The van der Waals surface area contributed by atoms with E-state index in [0.717, 1.165) is 17.9 Å². The number of hydrogen-bond donors (Lipinski definition) is 1. The van der Waals surface area contributed by atoms with Crippen LogP contribution in [0.5, 0.6) is 0 Å². The highest BCUT2D eigenvalue weighted by Gasteiger charge is 2.40. The normalized spacial score (nSPS) is 19.1. The van der Waals surface area contributed by atoms with Gasteiger partial charge < -0.3 is 5.32 Å². The van der Waals surface area contributed by atoms with E-state index in [0.29, 0.717) is 41.3 Å². The minimum absolute atomic E-state index is 0.134. The number of nitrogens with one attached hydrogen (secondary N) is 1. The Balaban J connectivity index is 1.44.